The minimum absolute atomic E-state index is 0.321. The van der Waals surface area contributed by atoms with Crippen molar-refractivity contribution in [2.75, 3.05) is 13.2 Å². The third kappa shape index (κ3) is 5.80. The fourth-order valence-electron chi connectivity index (χ4n) is 2.23. The second-order valence-electron chi connectivity index (χ2n) is 5.64. The number of halogens is 1. The Morgan fingerprint density at radius 2 is 1.75 bits per heavy atom. The molecule has 0 spiro atoms. The van der Waals surface area contributed by atoms with E-state index in [-0.39, 0.29) is 0 Å². The van der Waals surface area contributed by atoms with Crippen LogP contribution in [-0.4, -0.2) is 41.3 Å². The summed E-state index contributed by atoms with van der Waals surface area (Å²) < 4.78 is 5.56. The van der Waals surface area contributed by atoms with Crippen LogP contribution in [0.25, 0.3) is 0 Å². The maximum atomic E-state index is 10.1. The Morgan fingerprint density at radius 1 is 1.15 bits per heavy atom. The molecular formula is C16H26ClNO2. The Hall–Kier alpha value is -0.610. The molecule has 114 valence electrons. The summed E-state index contributed by atoms with van der Waals surface area (Å²) in [6, 6.07) is 8.42. The molecule has 1 aromatic carbocycles. The minimum atomic E-state index is -0.484. The third-order valence-electron chi connectivity index (χ3n) is 3.27. The van der Waals surface area contributed by atoms with E-state index in [9.17, 15) is 5.11 Å². The molecule has 0 aliphatic rings. The molecule has 20 heavy (non-hydrogen) atoms. The first-order valence-corrected chi connectivity index (χ1v) is 7.54. The number of hydrogen-bond donors (Lipinski definition) is 1. The van der Waals surface area contributed by atoms with Gasteiger partial charge in [0.2, 0.25) is 0 Å². The first-order chi connectivity index (χ1) is 9.41. The van der Waals surface area contributed by atoms with Crippen molar-refractivity contribution >= 4 is 11.6 Å². The summed E-state index contributed by atoms with van der Waals surface area (Å²) in [7, 11) is 0. The molecular weight excluding hydrogens is 274 g/mol. The van der Waals surface area contributed by atoms with E-state index < -0.39 is 6.10 Å². The van der Waals surface area contributed by atoms with Gasteiger partial charge >= 0.3 is 0 Å². The van der Waals surface area contributed by atoms with Crippen molar-refractivity contribution in [3.63, 3.8) is 0 Å². The predicted octanol–water partition coefficient (Wildman–Crippen LogP) is 3.34. The Labute approximate surface area is 127 Å². The Balaban J connectivity index is 2.36. The highest BCUT2D eigenvalue weighted by molar-refractivity contribution is 6.31. The molecule has 0 aromatic heterocycles. The van der Waals surface area contributed by atoms with Crippen molar-refractivity contribution in [1.82, 2.24) is 4.90 Å². The summed E-state index contributed by atoms with van der Waals surface area (Å²) in [6.45, 7) is 9.92. The number of aliphatic hydroxyl groups excluding tert-OH is 1. The van der Waals surface area contributed by atoms with Gasteiger partial charge in [0.25, 0.3) is 0 Å². The molecule has 0 saturated carbocycles. The topological polar surface area (TPSA) is 32.7 Å². The van der Waals surface area contributed by atoms with Gasteiger partial charge in [0, 0.05) is 23.7 Å². The lowest BCUT2D eigenvalue weighted by molar-refractivity contribution is -0.00155. The summed E-state index contributed by atoms with van der Waals surface area (Å²) in [5.74, 6) is 0. The zero-order chi connectivity index (χ0) is 15.1. The van der Waals surface area contributed by atoms with Gasteiger partial charge in [-0.15, -0.1) is 0 Å². The highest BCUT2D eigenvalue weighted by Gasteiger charge is 2.17. The summed E-state index contributed by atoms with van der Waals surface area (Å²) in [5, 5.41) is 10.8. The summed E-state index contributed by atoms with van der Waals surface area (Å²) in [5.41, 5.74) is 0.950. The molecule has 0 aliphatic heterocycles. The van der Waals surface area contributed by atoms with Crippen LogP contribution >= 0.6 is 11.6 Å². The van der Waals surface area contributed by atoms with E-state index in [1.54, 1.807) is 0 Å². The number of benzene rings is 1. The summed E-state index contributed by atoms with van der Waals surface area (Å²) >= 11 is 6.06. The lowest BCUT2D eigenvalue weighted by atomic mass is 10.2. The molecule has 3 nitrogen and oxygen atoms in total. The fraction of sp³-hybridized carbons (Fsp3) is 0.625. The monoisotopic (exact) mass is 299 g/mol. The fourth-order valence-corrected chi connectivity index (χ4v) is 2.42. The zero-order valence-electron chi connectivity index (χ0n) is 12.8. The second kappa shape index (κ2) is 8.63. The average molecular weight is 300 g/mol. The normalized spacial score (nSPS) is 13.4. The van der Waals surface area contributed by atoms with E-state index in [4.69, 9.17) is 16.3 Å². The van der Waals surface area contributed by atoms with Crippen molar-refractivity contribution in [3.05, 3.63) is 34.9 Å². The lowest BCUT2D eigenvalue weighted by Crippen LogP contribution is -2.43. The summed E-state index contributed by atoms with van der Waals surface area (Å²) in [4.78, 5) is 2.25. The molecule has 1 rings (SSSR count). The van der Waals surface area contributed by atoms with Gasteiger partial charge in [-0.2, -0.15) is 0 Å². The Morgan fingerprint density at radius 3 is 2.30 bits per heavy atom. The van der Waals surface area contributed by atoms with Crippen LogP contribution in [0.4, 0.5) is 0 Å². The molecule has 0 radical (unpaired) electrons. The van der Waals surface area contributed by atoms with Gasteiger partial charge in [-0.25, -0.2) is 0 Å². The van der Waals surface area contributed by atoms with E-state index >= 15 is 0 Å². The minimum Gasteiger partial charge on any atom is -0.389 e. The molecule has 0 bridgehead atoms. The number of ether oxygens (including phenoxy) is 1. The van der Waals surface area contributed by atoms with Crippen molar-refractivity contribution < 1.29 is 9.84 Å². The van der Waals surface area contributed by atoms with Gasteiger partial charge in [0.15, 0.2) is 0 Å². The maximum Gasteiger partial charge on any atom is 0.0900 e. The Bertz CT molecular complexity index is 388. The van der Waals surface area contributed by atoms with Crippen molar-refractivity contribution in [2.24, 2.45) is 0 Å². The SMILES string of the molecule is CC(C)N(CC(O)COCc1ccccc1Cl)C(C)C. The van der Waals surface area contributed by atoms with Gasteiger partial charge in [0.05, 0.1) is 19.3 Å². The molecule has 0 heterocycles. The molecule has 1 aromatic rings. The maximum absolute atomic E-state index is 10.1. The molecule has 0 saturated heterocycles. The highest BCUT2D eigenvalue weighted by Crippen LogP contribution is 2.15. The Kier molecular flexibility index (Phi) is 7.52. The number of aliphatic hydroxyl groups is 1. The number of rotatable bonds is 8. The van der Waals surface area contributed by atoms with Crippen LogP contribution in [0.15, 0.2) is 24.3 Å². The largest absolute Gasteiger partial charge is 0.389 e. The molecule has 0 fully saturated rings. The van der Waals surface area contributed by atoms with E-state index in [2.05, 4.69) is 32.6 Å². The van der Waals surface area contributed by atoms with E-state index in [0.29, 0.717) is 36.9 Å². The van der Waals surface area contributed by atoms with Crippen LogP contribution in [0.3, 0.4) is 0 Å². The van der Waals surface area contributed by atoms with Crippen LogP contribution in [0.5, 0.6) is 0 Å². The quantitative estimate of drug-likeness (QED) is 0.799. The van der Waals surface area contributed by atoms with Gasteiger partial charge in [-0.05, 0) is 39.3 Å². The van der Waals surface area contributed by atoms with Gasteiger partial charge < -0.3 is 9.84 Å². The molecule has 0 aliphatic carbocycles. The van der Waals surface area contributed by atoms with Crippen molar-refractivity contribution in [3.8, 4) is 0 Å². The van der Waals surface area contributed by atoms with E-state index in [1.807, 2.05) is 24.3 Å². The van der Waals surface area contributed by atoms with Crippen LogP contribution < -0.4 is 0 Å². The molecule has 1 N–H and O–H groups in total. The van der Waals surface area contributed by atoms with E-state index in [0.717, 1.165) is 5.56 Å². The first-order valence-electron chi connectivity index (χ1n) is 7.16. The lowest BCUT2D eigenvalue weighted by Gasteiger charge is -2.32. The zero-order valence-corrected chi connectivity index (χ0v) is 13.6. The van der Waals surface area contributed by atoms with Crippen LogP contribution in [-0.2, 0) is 11.3 Å². The average Bonchev–Trinajstić information content (AvgIpc) is 2.37. The number of hydrogen-bond acceptors (Lipinski definition) is 3. The molecule has 1 unspecified atom stereocenters. The van der Waals surface area contributed by atoms with Crippen molar-refractivity contribution in [1.29, 1.82) is 0 Å². The highest BCUT2D eigenvalue weighted by atomic mass is 35.5. The van der Waals surface area contributed by atoms with Gasteiger partial charge in [-0.3, -0.25) is 4.90 Å². The smallest absolute Gasteiger partial charge is 0.0900 e. The first kappa shape index (κ1) is 17.4. The van der Waals surface area contributed by atoms with Gasteiger partial charge in [0.1, 0.15) is 0 Å². The van der Waals surface area contributed by atoms with Crippen LogP contribution in [0, 0.1) is 0 Å². The van der Waals surface area contributed by atoms with Crippen LogP contribution in [0.1, 0.15) is 33.3 Å². The molecule has 4 heteroatoms. The van der Waals surface area contributed by atoms with Gasteiger partial charge in [-0.1, -0.05) is 29.8 Å². The second-order valence-corrected chi connectivity index (χ2v) is 6.05. The standard InChI is InChI=1S/C16H26ClNO2/c1-12(2)18(13(3)4)9-15(19)11-20-10-14-7-5-6-8-16(14)17/h5-8,12-13,15,19H,9-11H2,1-4H3. The molecule has 1 atom stereocenters. The third-order valence-corrected chi connectivity index (χ3v) is 3.64. The summed E-state index contributed by atoms with van der Waals surface area (Å²) in [6.07, 6.45) is -0.484. The predicted molar refractivity (Wildman–Crippen MR) is 84.1 cm³/mol. The van der Waals surface area contributed by atoms with Crippen LogP contribution in [0.2, 0.25) is 5.02 Å². The van der Waals surface area contributed by atoms with Crippen molar-refractivity contribution in [2.45, 2.75) is 52.5 Å². The number of nitrogens with zero attached hydrogens (tertiary/aromatic N) is 1. The van der Waals surface area contributed by atoms with E-state index in [1.165, 1.54) is 0 Å². The molecule has 0 amide bonds.